The van der Waals surface area contributed by atoms with Crippen molar-refractivity contribution in [1.29, 1.82) is 0 Å². The highest BCUT2D eigenvalue weighted by Crippen LogP contribution is 2.28. The Balaban J connectivity index is 2.01. The van der Waals surface area contributed by atoms with Crippen molar-refractivity contribution in [2.24, 2.45) is 5.73 Å². The molecular formula is C15H22N2O2. The second-order valence-corrected chi connectivity index (χ2v) is 5.88. The van der Waals surface area contributed by atoms with Crippen molar-refractivity contribution in [3.05, 3.63) is 29.8 Å². The van der Waals surface area contributed by atoms with Crippen LogP contribution in [0.4, 0.5) is 0 Å². The fourth-order valence-corrected chi connectivity index (χ4v) is 2.69. The summed E-state index contributed by atoms with van der Waals surface area (Å²) < 4.78 is 0. The van der Waals surface area contributed by atoms with Crippen LogP contribution in [0.2, 0.25) is 0 Å². The number of carbonyl (C=O) groups is 1. The molecule has 1 aromatic carbocycles. The van der Waals surface area contributed by atoms with Crippen molar-refractivity contribution in [3.63, 3.8) is 0 Å². The Morgan fingerprint density at radius 1 is 1.42 bits per heavy atom. The van der Waals surface area contributed by atoms with E-state index in [0.29, 0.717) is 6.42 Å². The molecule has 1 aliphatic rings. The number of carbonyl (C=O) groups excluding carboxylic acids is 1. The number of phenols is 1. The molecule has 19 heavy (non-hydrogen) atoms. The Hall–Kier alpha value is -1.55. The molecule has 3 N–H and O–H groups in total. The Kier molecular flexibility index (Phi) is 3.80. The lowest BCUT2D eigenvalue weighted by Crippen LogP contribution is -2.50. The molecule has 0 saturated carbocycles. The number of amides is 1. The van der Waals surface area contributed by atoms with Crippen molar-refractivity contribution >= 4 is 5.91 Å². The number of benzene rings is 1. The van der Waals surface area contributed by atoms with Gasteiger partial charge in [-0.3, -0.25) is 4.79 Å². The smallest absolute Gasteiger partial charge is 0.240 e. The van der Waals surface area contributed by atoms with Crippen LogP contribution in [0.25, 0.3) is 0 Å². The number of phenolic OH excluding ortho intramolecular Hbond substituents is 1. The van der Waals surface area contributed by atoms with Gasteiger partial charge in [-0.2, -0.15) is 0 Å². The molecule has 0 bridgehead atoms. The molecule has 2 rings (SSSR count). The highest BCUT2D eigenvalue weighted by Gasteiger charge is 2.37. The van der Waals surface area contributed by atoms with Crippen LogP contribution < -0.4 is 5.73 Å². The summed E-state index contributed by atoms with van der Waals surface area (Å²) in [7, 11) is 0. The fourth-order valence-electron chi connectivity index (χ4n) is 2.69. The van der Waals surface area contributed by atoms with Crippen LogP contribution in [0, 0.1) is 0 Å². The van der Waals surface area contributed by atoms with Crippen molar-refractivity contribution < 1.29 is 9.90 Å². The van der Waals surface area contributed by atoms with E-state index in [1.807, 2.05) is 4.90 Å². The van der Waals surface area contributed by atoms with E-state index in [-0.39, 0.29) is 17.2 Å². The third-order valence-electron chi connectivity index (χ3n) is 3.88. The summed E-state index contributed by atoms with van der Waals surface area (Å²) >= 11 is 0. The van der Waals surface area contributed by atoms with Crippen LogP contribution in [0.1, 0.15) is 32.3 Å². The second kappa shape index (κ2) is 5.21. The molecule has 1 saturated heterocycles. The molecular weight excluding hydrogens is 240 g/mol. The van der Waals surface area contributed by atoms with E-state index in [1.54, 1.807) is 24.3 Å². The Morgan fingerprint density at radius 3 is 2.58 bits per heavy atom. The Morgan fingerprint density at radius 2 is 2.05 bits per heavy atom. The lowest BCUT2D eigenvalue weighted by atomic mass is 10.00. The molecule has 1 aliphatic heterocycles. The molecule has 0 unspecified atom stereocenters. The molecule has 0 spiro atoms. The van der Waals surface area contributed by atoms with Crippen molar-refractivity contribution in [2.75, 3.05) is 6.54 Å². The van der Waals surface area contributed by atoms with Gasteiger partial charge >= 0.3 is 0 Å². The average Bonchev–Trinajstić information content (AvgIpc) is 2.71. The fraction of sp³-hybridized carbons (Fsp3) is 0.533. The first-order valence-electron chi connectivity index (χ1n) is 6.75. The molecule has 0 aromatic heterocycles. The highest BCUT2D eigenvalue weighted by molar-refractivity contribution is 5.83. The lowest BCUT2D eigenvalue weighted by molar-refractivity contribution is -0.135. The lowest BCUT2D eigenvalue weighted by Gasteiger charge is -2.33. The van der Waals surface area contributed by atoms with Crippen molar-refractivity contribution in [3.8, 4) is 5.75 Å². The van der Waals surface area contributed by atoms with E-state index in [4.69, 9.17) is 5.73 Å². The van der Waals surface area contributed by atoms with Crippen LogP contribution in [0.3, 0.4) is 0 Å². The first kappa shape index (κ1) is 13.9. The summed E-state index contributed by atoms with van der Waals surface area (Å²) in [6.07, 6.45) is 2.58. The van der Waals surface area contributed by atoms with Crippen LogP contribution >= 0.6 is 0 Å². The van der Waals surface area contributed by atoms with E-state index in [2.05, 4.69) is 13.8 Å². The molecule has 1 amide bonds. The molecule has 1 fully saturated rings. The minimum Gasteiger partial charge on any atom is -0.508 e. The van der Waals surface area contributed by atoms with Crippen LogP contribution in [0.15, 0.2) is 24.3 Å². The predicted octanol–water partition coefficient (Wildman–Crippen LogP) is 1.66. The number of rotatable bonds is 3. The van der Waals surface area contributed by atoms with E-state index in [9.17, 15) is 9.90 Å². The SMILES string of the molecule is CC1(C)CCCN1C(=O)[C@H](N)Cc1ccc(O)cc1. The number of nitrogens with zero attached hydrogens (tertiary/aromatic N) is 1. The van der Waals surface area contributed by atoms with Gasteiger partial charge in [-0.25, -0.2) is 0 Å². The number of nitrogens with two attached hydrogens (primary N) is 1. The zero-order valence-corrected chi connectivity index (χ0v) is 11.6. The van der Waals surface area contributed by atoms with E-state index in [1.165, 1.54) is 0 Å². The Labute approximate surface area is 114 Å². The molecule has 1 aromatic rings. The minimum absolute atomic E-state index is 0.0237. The Bertz CT molecular complexity index is 454. The first-order valence-corrected chi connectivity index (χ1v) is 6.75. The van der Waals surface area contributed by atoms with Gasteiger partial charge in [0.1, 0.15) is 5.75 Å². The maximum atomic E-state index is 12.4. The standard InChI is InChI=1S/C15H22N2O2/c1-15(2)8-3-9-17(15)14(19)13(16)10-11-4-6-12(18)7-5-11/h4-7,13,18H,3,8-10,16H2,1-2H3/t13-/m1/s1. The van der Waals surface area contributed by atoms with Gasteiger partial charge in [-0.15, -0.1) is 0 Å². The van der Waals surface area contributed by atoms with Gasteiger partial charge in [0.2, 0.25) is 5.91 Å². The van der Waals surface area contributed by atoms with Crippen LogP contribution in [-0.2, 0) is 11.2 Å². The van der Waals surface area contributed by atoms with Gasteiger partial charge in [0.05, 0.1) is 6.04 Å². The summed E-state index contributed by atoms with van der Waals surface area (Å²) in [5.74, 6) is 0.250. The average molecular weight is 262 g/mol. The molecule has 104 valence electrons. The largest absolute Gasteiger partial charge is 0.508 e. The van der Waals surface area contributed by atoms with E-state index >= 15 is 0 Å². The molecule has 4 heteroatoms. The first-order chi connectivity index (χ1) is 8.90. The molecule has 4 nitrogen and oxygen atoms in total. The highest BCUT2D eigenvalue weighted by atomic mass is 16.3. The topological polar surface area (TPSA) is 66.6 Å². The maximum Gasteiger partial charge on any atom is 0.240 e. The van der Waals surface area contributed by atoms with E-state index < -0.39 is 6.04 Å². The predicted molar refractivity (Wildman–Crippen MR) is 74.8 cm³/mol. The second-order valence-electron chi connectivity index (χ2n) is 5.88. The zero-order valence-electron chi connectivity index (χ0n) is 11.6. The summed E-state index contributed by atoms with van der Waals surface area (Å²) in [5.41, 5.74) is 6.92. The van der Waals surface area contributed by atoms with Gasteiger partial charge < -0.3 is 15.7 Å². The maximum absolute atomic E-state index is 12.4. The van der Waals surface area contributed by atoms with Crippen LogP contribution in [-0.4, -0.2) is 34.0 Å². The van der Waals surface area contributed by atoms with Gasteiger partial charge in [0, 0.05) is 12.1 Å². The summed E-state index contributed by atoms with van der Waals surface area (Å²) in [4.78, 5) is 14.3. The molecule has 0 aliphatic carbocycles. The minimum atomic E-state index is -0.512. The molecule has 0 radical (unpaired) electrons. The number of hydrogen-bond acceptors (Lipinski definition) is 3. The van der Waals surface area contributed by atoms with Crippen molar-refractivity contribution in [2.45, 2.75) is 44.7 Å². The van der Waals surface area contributed by atoms with Gasteiger partial charge in [0.15, 0.2) is 0 Å². The van der Waals surface area contributed by atoms with Gasteiger partial charge in [0.25, 0.3) is 0 Å². The van der Waals surface area contributed by atoms with Crippen LogP contribution in [0.5, 0.6) is 5.75 Å². The summed E-state index contributed by atoms with van der Waals surface area (Å²) in [5, 5.41) is 9.23. The quantitative estimate of drug-likeness (QED) is 0.870. The third kappa shape index (κ3) is 3.07. The molecule has 1 atom stereocenters. The summed E-state index contributed by atoms with van der Waals surface area (Å²) in [6.45, 7) is 4.98. The monoisotopic (exact) mass is 262 g/mol. The van der Waals surface area contributed by atoms with E-state index in [0.717, 1.165) is 24.9 Å². The van der Waals surface area contributed by atoms with Gasteiger partial charge in [-0.05, 0) is 50.8 Å². The molecule has 1 heterocycles. The van der Waals surface area contributed by atoms with Gasteiger partial charge in [-0.1, -0.05) is 12.1 Å². The third-order valence-corrected chi connectivity index (χ3v) is 3.88. The number of aromatic hydroxyl groups is 1. The van der Waals surface area contributed by atoms with Crippen molar-refractivity contribution in [1.82, 2.24) is 4.90 Å². The number of hydrogen-bond donors (Lipinski definition) is 2. The summed E-state index contributed by atoms with van der Waals surface area (Å²) in [6, 6.07) is 6.33. The number of likely N-dealkylation sites (tertiary alicyclic amines) is 1. The zero-order chi connectivity index (χ0) is 14.0. The normalized spacial score (nSPS) is 19.4.